The van der Waals surface area contributed by atoms with Crippen LogP contribution in [0.4, 0.5) is 9.18 Å². The zero-order chi connectivity index (χ0) is 16.2. The summed E-state index contributed by atoms with van der Waals surface area (Å²) >= 11 is 5.73. The lowest BCUT2D eigenvalue weighted by Gasteiger charge is -2.34. The van der Waals surface area contributed by atoms with Crippen molar-refractivity contribution in [2.75, 3.05) is 6.54 Å². The van der Waals surface area contributed by atoms with Crippen LogP contribution in [0, 0.1) is 5.82 Å². The monoisotopic (exact) mass is 336 g/mol. The predicted molar refractivity (Wildman–Crippen MR) is 85.5 cm³/mol. The number of carbonyl (C=O) groups excluding carboxylic acids is 1. The molecule has 0 saturated carbocycles. The first-order chi connectivity index (χ1) is 11.1. The van der Waals surface area contributed by atoms with Crippen LogP contribution in [-0.2, 0) is 6.54 Å². The first kappa shape index (κ1) is 15.8. The summed E-state index contributed by atoms with van der Waals surface area (Å²) < 4.78 is 13.8. The number of amides is 2. The molecule has 1 aromatic carbocycles. The van der Waals surface area contributed by atoms with Gasteiger partial charge in [0.1, 0.15) is 11.6 Å². The van der Waals surface area contributed by atoms with Crippen LogP contribution in [-0.4, -0.2) is 27.4 Å². The minimum absolute atomic E-state index is 0.0613. The Hall–Kier alpha value is -2.08. The van der Waals surface area contributed by atoms with Crippen LogP contribution in [0.5, 0.6) is 0 Å². The molecule has 2 aromatic rings. The highest BCUT2D eigenvalue weighted by molar-refractivity contribution is 6.30. The van der Waals surface area contributed by atoms with Crippen molar-refractivity contribution in [2.45, 2.75) is 31.8 Å². The molecule has 1 aliphatic heterocycles. The fourth-order valence-electron chi connectivity index (χ4n) is 2.86. The molecule has 5 nitrogen and oxygen atoms in total. The van der Waals surface area contributed by atoms with E-state index in [2.05, 4.69) is 15.3 Å². The molecular weight excluding hydrogens is 319 g/mol. The summed E-state index contributed by atoms with van der Waals surface area (Å²) in [6, 6.07) is 4.17. The highest BCUT2D eigenvalue weighted by Crippen LogP contribution is 2.28. The second-order valence-electron chi connectivity index (χ2n) is 5.57. The van der Waals surface area contributed by atoms with E-state index in [1.165, 1.54) is 6.07 Å². The number of halogens is 2. The molecule has 2 heterocycles. The lowest BCUT2D eigenvalue weighted by molar-refractivity contribution is 0.147. The van der Waals surface area contributed by atoms with Gasteiger partial charge in [-0.3, -0.25) is 0 Å². The lowest BCUT2D eigenvalue weighted by atomic mass is 10.0. The van der Waals surface area contributed by atoms with Crippen LogP contribution in [0.1, 0.15) is 36.7 Å². The quantitative estimate of drug-likeness (QED) is 0.899. The molecule has 1 saturated heterocycles. The minimum atomic E-state index is -0.418. The third-order valence-corrected chi connectivity index (χ3v) is 4.28. The summed E-state index contributed by atoms with van der Waals surface area (Å²) in [5.41, 5.74) is 0.411. The van der Waals surface area contributed by atoms with Crippen molar-refractivity contribution >= 4 is 17.6 Å². The van der Waals surface area contributed by atoms with Crippen molar-refractivity contribution in [3.05, 3.63) is 52.8 Å². The number of H-pyrrole nitrogens is 1. The average molecular weight is 337 g/mol. The minimum Gasteiger partial charge on any atom is -0.347 e. The number of likely N-dealkylation sites (tertiary alicyclic amines) is 1. The Balaban J connectivity index is 1.66. The van der Waals surface area contributed by atoms with E-state index in [-0.39, 0.29) is 18.6 Å². The predicted octanol–water partition coefficient (Wildman–Crippen LogP) is 3.64. The molecular formula is C16H18ClFN4O. The Kier molecular flexibility index (Phi) is 4.81. The van der Waals surface area contributed by atoms with E-state index in [1.807, 2.05) is 0 Å². The van der Waals surface area contributed by atoms with Crippen LogP contribution >= 0.6 is 11.6 Å². The van der Waals surface area contributed by atoms with Gasteiger partial charge < -0.3 is 15.2 Å². The van der Waals surface area contributed by atoms with E-state index < -0.39 is 5.82 Å². The first-order valence-corrected chi connectivity index (χ1v) is 8.00. The number of urea groups is 1. The van der Waals surface area contributed by atoms with Crippen LogP contribution in [0.3, 0.4) is 0 Å². The molecule has 0 bridgehead atoms. The van der Waals surface area contributed by atoms with Crippen LogP contribution < -0.4 is 5.32 Å². The standard InChI is InChI=1S/C16H18ClFN4O/c17-12-5-4-11(13(18)9-12)10-21-16(23)22-8-2-1-3-14(22)15-19-6-7-20-15/h4-7,9,14H,1-3,8,10H2,(H,19,20)(H,21,23)/t14-/m1/s1. The number of carbonyl (C=O) groups is 1. The third kappa shape index (κ3) is 3.64. The number of piperidine rings is 1. The number of aromatic amines is 1. The smallest absolute Gasteiger partial charge is 0.318 e. The molecule has 0 radical (unpaired) electrons. The Labute approximate surface area is 138 Å². The van der Waals surface area contributed by atoms with Gasteiger partial charge in [0.05, 0.1) is 6.04 Å². The largest absolute Gasteiger partial charge is 0.347 e. The molecule has 1 fully saturated rings. The summed E-state index contributed by atoms with van der Waals surface area (Å²) in [6.07, 6.45) is 6.32. The number of nitrogens with zero attached hydrogens (tertiary/aromatic N) is 2. The second-order valence-corrected chi connectivity index (χ2v) is 6.01. The normalized spacial score (nSPS) is 18.0. The van der Waals surface area contributed by atoms with Gasteiger partial charge in [-0.05, 0) is 31.4 Å². The van der Waals surface area contributed by atoms with E-state index in [4.69, 9.17) is 11.6 Å². The fraction of sp³-hybridized carbons (Fsp3) is 0.375. The topological polar surface area (TPSA) is 61.0 Å². The number of hydrogen-bond acceptors (Lipinski definition) is 2. The maximum absolute atomic E-state index is 13.8. The molecule has 1 aromatic heterocycles. The van der Waals surface area contributed by atoms with Crippen molar-refractivity contribution in [1.82, 2.24) is 20.2 Å². The van der Waals surface area contributed by atoms with E-state index in [0.717, 1.165) is 25.1 Å². The molecule has 0 spiro atoms. The van der Waals surface area contributed by atoms with Gasteiger partial charge in [0.15, 0.2) is 0 Å². The van der Waals surface area contributed by atoms with Gasteiger partial charge in [-0.1, -0.05) is 17.7 Å². The van der Waals surface area contributed by atoms with Crippen LogP contribution in [0.15, 0.2) is 30.6 Å². The summed E-state index contributed by atoms with van der Waals surface area (Å²) in [7, 11) is 0. The highest BCUT2D eigenvalue weighted by Gasteiger charge is 2.29. The summed E-state index contributed by atoms with van der Waals surface area (Å²) in [5, 5.41) is 3.12. The van der Waals surface area contributed by atoms with Gasteiger partial charge in [-0.15, -0.1) is 0 Å². The Morgan fingerprint density at radius 2 is 2.35 bits per heavy atom. The number of aromatic nitrogens is 2. The maximum atomic E-state index is 13.8. The van der Waals surface area contributed by atoms with Crippen molar-refractivity contribution in [3.8, 4) is 0 Å². The number of nitrogens with one attached hydrogen (secondary N) is 2. The van der Waals surface area contributed by atoms with Crippen molar-refractivity contribution in [1.29, 1.82) is 0 Å². The van der Waals surface area contributed by atoms with Crippen LogP contribution in [0.2, 0.25) is 5.02 Å². The lowest BCUT2D eigenvalue weighted by Crippen LogP contribution is -2.44. The van der Waals surface area contributed by atoms with Crippen molar-refractivity contribution in [3.63, 3.8) is 0 Å². The Bertz CT molecular complexity index is 677. The summed E-state index contributed by atoms with van der Waals surface area (Å²) in [6.45, 7) is 0.795. The molecule has 0 aliphatic carbocycles. The molecule has 7 heteroatoms. The number of benzene rings is 1. The number of rotatable bonds is 3. The molecule has 1 aliphatic rings. The second kappa shape index (κ2) is 7.00. The molecule has 3 rings (SSSR count). The third-order valence-electron chi connectivity index (χ3n) is 4.04. The summed E-state index contributed by atoms with van der Waals surface area (Å²) in [5.74, 6) is 0.372. The van der Waals surface area contributed by atoms with Gasteiger partial charge >= 0.3 is 6.03 Å². The number of hydrogen-bond donors (Lipinski definition) is 2. The van der Waals surface area contributed by atoms with Crippen LogP contribution in [0.25, 0.3) is 0 Å². The fourth-order valence-corrected chi connectivity index (χ4v) is 3.01. The summed E-state index contributed by atoms with van der Waals surface area (Å²) in [4.78, 5) is 21.6. The average Bonchev–Trinajstić information content (AvgIpc) is 3.08. The molecule has 0 unspecified atom stereocenters. The Morgan fingerprint density at radius 1 is 1.48 bits per heavy atom. The molecule has 122 valence electrons. The van der Waals surface area contributed by atoms with E-state index in [9.17, 15) is 9.18 Å². The SMILES string of the molecule is O=C(NCc1ccc(Cl)cc1F)N1CCCC[C@@H]1c1ncc[nH]1. The van der Waals surface area contributed by atoms with Gasteiger partial charge in [0.2, 0.25) is 0 Å². The van der Waals surface area contributed by atoms with E-state index >= 15 is 0 Å². The zero-order valence-electron chi connectivity index (χ0n) is 12.6. The van der Waals surface area contributed by atoms with Gasteiger partial charge in [0.25, 0.3) is 0 Å². The zero-order valence-corrected chi connectivity index (χ0v) is 13.3. The first-order valence-electron chi connectivity index (χ1n) is 7.63. The number of imidazole rings is 1. The van der Waals surface area contributed by atoms with Crippen molar-refractivity contribution < 1.29 is 9.18 Å². The molecule has 23 heavy (non-hydrogen) atoms. The Morgan fingerprint density at radius 3 is 3.09 bits per heavy atom. The van der Waals surface area contributed by atoms with Crippen molar-refractivity contribution in [2.24, 2.45) is 0 Å². The van der Waals surface area contributed by atoms with Gasteiger partial charge in [0, 0.05) is 36.1 Å². The molecule has 1 atom stereocenters. The van der Waals surface area contributed by atoms with E-state index in [1.54, 1.807) is 29.4 Å². The molecule has 2 amide bonds. The van der Waals surface area contributed by atoms with Gasteiger partial charge in [-0.2, -0.15) is 0 Å². The maximum Gasteiger partial charge on any atom is 0.318 e. The van der Waals surface area contributed by atoms with Gasteiger partial charge in [-0.25, -0.2) is 14.2 Å². The van der Waals surface area contributed by atoms with E-state index in [0.29, 0.717) is 17.1 Å². The molecule has 2 N–H and O–H groups in total. The highest BCUT2D eigenvalue weighted by atomic mass is 35.5.